The molecule has 1 aromatic heterocycles. The molecule has 1 unspecified atom stereocenters. The van der Waals surface area contributed by atoms with Gasteiger partial charge in [-0.1, -0.05) is 23.9 Å². The maximum absolute atomic E-state index is 11.6. The number of nitriles is 1. The van der Waals surface area contributed by atoms with E-state index >= 15 is 0 Å². The van der Waals surface area contributed by atoms with Crippen LogP contribution in [0.25, 0.3) is 0 Å². The molecule has 1 aromatic carbocycles. The number of sulfone groups is 1. The summed E-state index contributed by atoms with van der Waals surface area (Å²) in [5, 5.41) is 18.2. The van der Waals surface area contributed by atoms with E-state index < -0.39 is 9.84 Å². The van der Waals surface area contributed by atoms with Gasteiger partial charge in [-0.15, -0.1) is 10.2 Å². The molecule has 0 spiro atoms. The number of thioether (sulfide) groups is 1. The summed E-state index contributed by atoms with van der Waals surface area (Å²) in [7, 11) is -0.954. The molecule has 24 heavy (non-hydrogen) atoms. The van der Waals surface area contributed by atoms with E-state index in [1.54, 1.807) is 17.8 Å². The lowest BCUT2D eigenvalue weighted by Gasteiger charge is -2.07. The summed E-state index contributed by atoms with van der Waals surface area (Å²) in [6.07, 6.45) is 1.35. The monoisotopic (exact) mass is 362 g/mol. The van der Waals surface area contributed by atoms with Crippen LogP contribution in [0, 0.1) is 17.2 Å². The van der Waals surface area contributed by atoms with Gasteiger partial charge in [0.25, 0.3) is 0 Å². The van der Waals surface area contributed by atoms with Crippen molar-refractivity contribution in [2.45, 2.75) is 23.8 Å². The lowest BCUT2D eigenvalue weighted by molar-refractivity contribution is 0.552. The Morgan fingerprint density at radius 2 is 2.25 bits per heavy atom. The first-order valence-electron chi connectivity index (χ1n) is 7.67. The summed E-state index contributed by atoms with van der Waals surface area (Å²) >= 11 is 1.56. The third kappa shape index (κ3) is 3.97. The van der Waals surface area contributed by atoms with Crippen LogP contribution >= 0.6 is 11.8 Å². The Bertz CT molecular complexity index is 884. The predicted octanol–water partition coefficient (Wildman–Crippen LogP) is 1.96. The van der Waals surface area contributed by atoms with Crippen molar-refractivity contribution >= 4 is 21.6 Å². The smallest absolute Gasteiger partial charge is 0.191 e. The first-order chi connectivity index (χ1) is 11.5. The fourth-order valence-corrected chi connectivity index (χ4v) is 5.55. The van der Waals surface area contributed by atoms with Crippen LogP contribution in [0.15, 0.2) is 29.4 Å². The van der Waals surface area contributed by atoms with E-state index in [-0.39, 0.29) is 17.4 Å². The predicted molar refractivity (Wildman–Crippen MR) is 92.2 cm³/mol. The van der Waals surface area contributed by atoms with Gasteiger partial charge in [0.2, 0.25) is 0 Å². The van der Waals surface area contributed by atoms with Crippen molar-refractivity contribution in [2.75, 3.05) is 11.5 Å². The van der Waals surface area contributed by atoms with Crippen molar-refractivity contribution in [2.24, 2.45) is 13.0 Å². The van der Waals surface area contributed by atoms with Crippen LogP contribution in [0.4, 0.5) is 0 Å². The van der Waals surface area contributed by atoms with E-state index in [1.807, 2.05) is 29.8 Å². The summed E-state index contributed by atoms with van der Waals surface area (Å²) in [4.78, 5) is 0. The lowest BCUT2D eigenvalue weighted by Crippen LogP contribution is -2.11. The minimum absolute atomic E-state index is 0.142. The first-order valence-corrected chi connectivity index (χ1v) is 10.5. The number of hydrogen-bond acceptors (Lipinski definition) is 6. The van der Waals surface area contributed by atoms with E-state index in [9.17, 15) is 8.42 Å². The fraction of sp³-hybridized carbons (Fsp3) is 0.438. The number of nitrogens with zero attached hydrogens (tertiary/aromatic N) is 4. The minimum atomic E-state index is -2.86. The molecule has 0 N–H and O–H groups in total. The molecule has 8 heteroatoms. The Morgan fingerprint density at radius 3 is 2.96 bits per heavy atom. The summed E-state index contributed by atoms with van der Waals surface area (Å²) in [6.45, 7) is 0. The van der Waals surface area contributed by atoms with E-state index in [0.29, 0.717) is 24.2 Å². The highest BCUT2D eigenvalue weighted by Crippen LogP contribution is 2.25. The molecule has 1 aliphatic heterocycles. The van der Waals surface area contributed by atoms with Crippen LogP contribution < -0.4 is 0 Å². The van der Waals surface area contributed by atoms with Gasteiger partial charge in [-0.2, -0.15) is 5.26 Å². The zero-order valence-electron chi connectivity index (χ0n) is 13.3. The lowest BCUT2D eigenvalue weighted by atomic mass is 10.1. The Kier molecular flexibility index (Phi) is 4.92. The Hall–Kier alpha value is -1.85. The van der Waals surface area contributed by atoms with Crippen LogP contribution in [0.3, 0.4) is 0 Å². The molecule has 3 rings (SSSR count). The molecule has 6 nitrogen and oxygen atoms in total. The molecule has 126 valence electrons. The zero-order chi connectivity index (χ0) is 17.2. The van der Waals surface area contributed by atoms with Crippen LogP contribution in [0.2, 0.25) is 0 Å². The highest BCUT2D eigenvalue weighted by atomic mass is 32.2. The van der Waals surface area contributed by atoms with Gasteiger partial charge in [-0.05, 0) is 30.0 Å². The van der Waals surface area contributed by atoms with E-state index in [1.165, 1.54) is 0 Å². The number of hydrogen-bond donors (Lipinski definition) is 0. The van der Waals surface area contributed by atoms with Gasteiger partial charge in [0.1, 0.15) is 5.82 Å². The van der Waals surface area contributed by atoms with Crippen LogP contribution in [0.1, 0.15) is 23.4 Å². The maximum atomic E-state index is 11.6. The van der Waals surface area contributed by atoms with Gasteiger partial charge in [0.15, 0.2) is 15.0 Å². The van der Waals surface area contributed by atoms with Crippen molar-refractivity contribution in [1.29, 1.82) is 5.26 Å². The van der Waals surface area contributed by atoms with Crippen LogP contribution in [-0.2, 0) is 29.1 Å². The third-order valence-electron chi connectivity index (χ3n) is 4.15. The molecule has 1 fully saturated rings. The van der Waals surface area contributed by atoms with Crippen LogP contribution in [0.5, 0.6) is 0 Å². The van der Waals surface area contributed by atoms with E-state index in [0.717, 1.165) is 16.5 Å². The summed E-state index contributed by atoms with van der Waals surface area (Å²) in [5.41, 5.74) is 1.71. The van der Waals surface area contributed by atoms with Gasteiger partial charge >= 0.3 is 0 Å². The molecule has 2 heterocycles. The minimum Gasteiger partial charge on any atom is -0.309 e. The number of rotatable bonds is 5. The van der Waals surface area contributed by atoms with Gasteiger partial charge in [0, 0.05) is 19.2 Å². The maximum Gasteiger partial charge on any atom is 0.191 e. The SMILES string of the molecule is Cn1c(CC2CCS(=O)(=O)C2)nnc1SCc1cccc(C#N)c1. The topological polar surface area (TPSA) is 88.6 Å². The molecule has 1 atom stereocenters. The molecule has 0 radical (unpaired) electrons. The molecule has 1 aliphatic rings. The molecule has 0 amide bonds. The second kappa shape index (κ2) is 6.95. The first kappa shape index (κ1) is 17.0. The quantitative estimate of drug-likeness (QED) is 0.756. The highest BCUT2D eigenvalue weighted by molar-refractivity contribution is 7.98. The van der Waals surface area contributed by atoms with Gasteiger partial charge in [-0.3, -0.25) is 0 Å². The van der Waals surface area contributed by atoms with Crippen molar-refractivity contribution in [1.82, 2.24) is 14.8 Å². The average Bonchev–Trinajstić information content (AvgIpc) is 3.09. The largest absolute Gasteiger partial charge is 0.309 e. The molecule has 2 aromatic rings. The molecule has 1 saturated heterocycles. The van der Waals surface area contributed by atoms with Crippen molar-refractivity contribution in [3.63, 3.8) is 0 Å². The molecular formula is C16H18N4O2S2. The Labute approximate surface area is 145 Å². The fourth-order valence-electron chi connectivity index (χ4n) is 2.82. The summed E-state index contributed by atoms with van der Waals surface area (Å²) < 4.78 is 25.1. The van der Waals surface area contributed by atoms with Crippen molar-refractivity contribution < 1.29 is 8.42 Å². The zero-order valence-corrected chi connectivity index (χ0v) is 15.0. The summed E-state index contributed by atoms with van der Waals surface area (Å²) in [5.74, 6) is 2.21. The van der Waals surface area contributed by atoms with Gasteiger partial charge in [0.05, 0.1) is 23.1 Å². The molecular weight excluding hydrogens is 344 g/mol. The summed E-state index contributed by atoms with van der Waals surface area (Å²) in [6, 6.07) is 9.64. The standard InChI is InChI=1S/C16H18N4O2S2/c1-20-15(8-14-5-6-24(21,22)11-14)18-19-16(20)23-10-13-4-2-3-12(7-13)9-17/h2-4,7,14H,5-6,8,10-11H2,1H3. The molecule has 0 aliphatic carbocycles. The van der Waals surface area contributed by atoms with Gasteiger partial charge < -0.3 is 4.57 Å². The van der Waals surface area contributed by atoms with Crippen molar-refractivity contribution in [3.8, 4) is 6.07 Å². The second-order valence-corrected chi connectivity index (χ2v) is 9.20. The van der Waals surface area contributed by atoms with E-state index in [4.69, 9.17) is 5.26 Å². The Morgan fingerprint density at radius 1 is 1.42 bits per heavy atom. The Balaban J connectivity index is 1.63. The third-order valence-corrected chi connectivity index (χ3v) is 7.08. The van der Waals surface area contributed by atoms with E-state index in [2.05, 4.69) is 16.3 Å². The van der Waals surface area contributed by atoms with Crippen LogP contribution in [-0.4, -0.2) is 34.7 Å². The number of aromatic nitrogens is 3. The highest BCUT2D eigenvalue weighted by Gasteiger charge is 2.29. The average molecular weight is 362 g/mol. The van der Waals surface area contributed by atoms with Gasteiger partial charge in [-0.25, -0.2) is 8.42 Å². The normalized spacial score (nSPS) is 19.2. The second-order valence-electron chi connectivity index (χ2n) is 6.03. The van der Waals surface area contributed by atoms with Crippen molar-refractivity contribution in [3.05, 3.63) is 41.2 Å². The number of benzene rings is 1. The molecule has 0 bridgehead atoms. The molecule has 0 saturated carbocycles.